The van der Waals surface area contributed by atoms with Gasteiger partial charge in [-0.25, -0.2) is 4.39 Å². The second-order valence-electron chi connectivity index (χ2n) is 8.48. The van der Waals surface area contributed by atoms with Crippen LogP contribution in [-0.2, 0) is 19.1 Å². The van der Waals surface area contributed by atoms with Crippen molar-refractivity contribution < 1.29 is 22.1 Å². The van der Waals surface area contributed by atoms with Crippen LogP contribution in [0.1, 0.15) is 34.8 Å². The molecule has 0 bridgehead atoms. The highest BCUT2D eigenvalue weighted by molar-refractivity contribution is 5.82. The standard InChI is InChI=1S/C26H22F4N4O/c1-16-20-13-31-10-9-23(20)34(14-18-7-8-19(12-22(18)27)26(28,29)30)15-21(16)25-32-24(35-33-25)11-17-5-3-2-4-6-17/h2-8,12,15,31H,1,9-11,13-14H2. The quantitative estimate of drug-likeness (QED) is 0.489. The van der Waals surface area contributed by atoms with Gasteiger partial charge >= 0.3 is 6.18 Å². The van der Waals surface area contributed by atoms with Gasteiger partial charge in [0, 0.05) is 42.5 Å². The minimum Gasteiger partial charge on any atom is -0.346 e. The molecule has 9 heteroatoms. The molecule has 3 heterocycles. The summed E-state index contributed by atoms with van der Waals surface area (Å²) in [4.78, 5) is 6.39. The zero-order valence-corrected chi connectivity index (χ0v) is 18.7. The summed E-state index contributed by atoms with van der Waals surface area (Å²) in [6.45, 7) is 5.59. The molecule has 35 heavy (non-hydrogen) atoms. The van der Waals surface area contributed by atoms with Crippen molar-refractivity contribution in [1.29, 1.82) is 0 Å². The third-order valence-electron chi connectivity index (χ3n) is 6.14. The van der Waals surface area contributed by atoms with Crippen LogP contribution in [0.4, 0.5) is 17.6 Å². The largest absolute Gasteiger partial charge is 0.416 e. The molecule has 2 aliphatic rings. The molecule has 0 saturated heterocycles. The first-order valence-corrected chi connectivity index (χ1v) is 11.1. The number of alkyl halides is 3. The van der Waals surface area contributed by atoms with Crippen molar-refractivity contribution in [3.05, 3.63) is 112 Å². The highest BCUT2D eigenvalue weighted by Crippen LogP contribution is 2.38. The summed E-state index contributed by atoms with van der Waals surface area (Å²) in [7, 11) is 0. The van der Waals surface area contributed by atoms with Gasteiger partial charge < -0.3 is 14.7 Å². The molecule has 0 fully saturated rings. The fourth-order valence-electron chi connectivity index (χ4n) is 4.32. The molecule has 0 atom stereocenters. The van der Waals surface area contributed by atoms with Crippen LogP contribution in [-0.4, -0.2) is 28.1 Å². The minimum atomic E-state index is -4.60. The average Bonchev–Trinajstić information content (AvgIpc) is 3.30. The van der Waals surface area contributed by atoms with E-state index in [1.165, 1.54) is 6.07 Å². The van der Waals surface area contributed by atoms with Crippen molar-refractivity contribution in [1.82, 2.24) is 20.4 Å². The molecule has 0 amide bonds. The van der Waals surface area contributed by atoms with Gasteiger partial charge in [-0.2, -0.15) is 18.2 Å². The van der Waals surface area contributed by atoms with Crippen molar-refractivity contribution in [3.63, 3.8) is 0 Å². The maximum atomic E-state index is 14.6. The molecule has 3 aromatic rings. The van der Waals surface area contributed by atoms with E-state index in [0.29, 0.717) is 42.7 Å². The summed E-state index contributed by atoms with van der Waals surface area (Å²) < 4.78 is 59.0. The zero-order chi connectivity index (χ0) is 24.6. The van der Waals surface area contributed by atoms with Gasteiger partial charge in [0.1, 0.15) is 5.82 Å². The minimum absolute atomic E-state index is 0.0638. The van der Waals surface area contributed by atoms with E-state index in [1.807, 2.05) is 35.2 Å². The van der Waals surface area contributed by atoms with Crippen molar-refractivity contribution in [2.45, 2.75) is 25.6 Å². The van der Waals surface area contributed by atoms with Crippen LogP contribution in [0, 0.1) is 5.82 Å². The Morgan fingerprint density at radius 2 is 1.91 bits per heavy atom. The van der Waals surface area contributed by atoms with Crippen LogP contribution in [0.15, 0.2) is 82.7 Å². The molecule has 0 unspecified atom stereocenters. The smallest absolute Gasteiger partial charge is 0.346 e. The monoisotopic (exact) mass is 482 g/mol. The number of aromatic nitrogens is 2. The summed E-state index contributed by atoms with van der Waals surface area (Å²) in [6, 6.07) is 12.3. The number of nitrogens with zero attached hydrogens (tertiary/aromatic N) is 3. The second-order valence-corrected chi connectivity index (χ2v) is 8.48. The van der Waals surface area contributed by atoms with Gasteiger partial charge in [0.15, 0.2) is 0 Å². The van der Waals surface area contributed by atoms with Gasteiger partial charge in [0.05, 0.1) is 18.5 Å². The Balaban J connectivity index is 1.46. The van der Waals surface area contributed by atoms with Crippen LogP contribution in [0.3, 0.4) is 0 Å². The summed E-state index contributed by atoms with van der Waals surface area (Å²) in [5, 5.41) is 7.45. The Hall–Kier alpha value is -3.72. The second kappa shape index (κ2) is 9.14. The Bertz CT molecular complexity index is 1320. The molecule has 1 aromatic heterocycles. The SMILES string of the molecule is C=C1C(c2noc(Cc3ccccc3)n2)=CN(Cc2ccc(C(F)(F)F)cc2F)C2=C1CNCC2. The van der Waals surface area contributed by atoms with Crippen LogP contribution in [0.25, 0.3) is 5.57 Å². The van der Waals surface area contributed by atoms with Crippen molar-refractivity contribution in [2.75, 3.05) is 13.1 Å². The van der Waals surface area contributed by atoms with Crippen molar-refractivity contribution in [2.24, 2.45) is 0 Å². The number of benzene rings is 2. The lowest BCUT2D eigenvalue weighted by atomic mass is 9.90. The Morgan fingerprint density at radius 1 is 1.11 bits per heavy atom. The average molecular weight is 482 g/mol. The third-order valence-corrected chi connectivity index (χ3v) is 6.14. The summed E-state index contributed by atoms with van der Waals surface area (Å²) in [5.74, 6) is -0.0994. The number of rotatable bonds is 5. The Kier molecular flexibility index (Phi) is 6.02. The van der Waals surface area contributed by atoms with Gasteiger partial charge in [-0.15, -0.1) is 0 Å². The lowest BCUT2D eigenvalue weighted by Gasteiger charge is -2.35. The van der Waals surface area contributed by atoms with Gasteiger partial charge in [-0.3, -0.25) is 0 Å². The van der Waals surface area contributed by atoms with Crippen molar-refractivity contribution >= 4 is 5.57 Å². The molecule has 2 aromatic carbocycles. The van der Waals surface area contributed by atoms with Crippen LogP contribution in [0.5, 0.6) is 0 Å². The molecule has 2 aliphatic heterocycles. The Labute approximate surface area is 199 Å². The first-order valence-electron chi connectivity index (χ1n) is 11.1. The molecule has 0 aliphatic carbocycles. The topological polar surface area (TPSA) is 54.2 Å². The normalized spacial score (nSPS) is 16.4. The molecule has 1 N–H and O–H groups in total. The highest BCUT2D eigenvalue weighted by Gasteiger charge is 2.32. The Morgan fingerprint density at radius 3 is 2.66 bits per heavy atom. The molecular formula is C26H22F4N4O. The van der Waals surface area contributed by atoms with Crippen molar-refractivity contribution in [3.8, 4) is 0 Å². The predicted octanol–water partition coefficient (Wildman–Crippen LogP) is 5.48. The van der Waals surface area contributed by atoms with Crippen LogP contribution < -0.4 is 5.32 Å². The predicted molar refractivity (Wildman–Crippen MR) is 122 cm³/mol. The van der Waals surface area contributed by atoms with E-state index in [0.717, 1.165) is 35.0 Å². The first kappa shape index (κ1) is 23.0. The van der Waals surface area contributed by atoms with E-state index < -0.39 is 17.6 Å². The number of hydrogen-bond acceptors (Lipinski definition) is 5. The maximum absolute atomic E-state index is 14.6. The molecule has 0 spiro atoms. The van der Waals surface area contributed by atoms with E-state index in [1.54, 1.807) is 6.20 Å². The molecule has 5 rings (SSSR count). The zero-order valence-electron chi connectivity index (χ0n) is 18.7. The lowest BCUT2D eigenvalue weighted by molar-refractivity contribution is -0.137. The van der Waals surface area contributed by atoms with E-state index in [4.69, 9.17) is 4.52 Å². The van der Waals surface area contributed by atoms with Gasteiger partial charge in [0.2, 0.25) is 11.7 Å². The number of hydrogen-bond donors (Lipinski definition) is 1. The van der Waals surface area contributed by atoms with E-state index in [-0.39, 0.29) is 12.1 Å². The summed E-state index contributed by atoms with van der Waals surface area (Å²) >= 11 is 0. The summed E-state index contributed by atoms with van der Waals surface area (Å²) in [5.41, 5.74) is 3.43. The highest BCUT2D eigenvalue weighted by atomic mass is 19.4. The molecule has 5 nitrogen and oxygen atoms in total. The van der Waals surface area contributed by atoms with Gasteiger partial charge in [-0.05, 0) is 28.8 Å². The first-order chi connectivity index (χ1) is 16.8. The van der Waals surface area contributed by atoms with E-state index in [2.05, 4.69) is 22.0 Å². The fraction of sp³-hybridized carbons (Fsp3) is 0.231. The van der Waals surface area contributed by atoms with E-state index >= 15 is 0 Å². The van der Waals surface area contributed by atoms with Gasteiger partial charge in [-0.1, -0.05) is 48.1 Å². The third kappa shape index (κ3) is 4.77. The van der Waals surface area contributed by atoms with E-state index in [9.17, 15) is 17.6 Å². The van der Waals surface area contributed by atoms with Crippen LogP contribution in [0.2, 0.25) is 0 Å². The molecule has 0 radical (unpaired) electrons. The van der Waals surface area contributed by atoms with Crippen LogP contribution >= 0.6 is 0 Å². The lowest BCUT2D eigenvalue weighted by Crippen LogP contribution is -2.34. The van der Waals surface area contributed by atoms with Gasteiger partial charge in [0.25, 0.3) is 0 Å². The maximum Gasteiger partial charge on any atom is 0.416 e. The molecular weight excluding hydrogens is 460 g/mol. The fourth-order valence-corrected chi connectivity index (χ4v) is 4.32. The summed E-state index contributed by atoms with van der Waals surface area (Å²) in [6.07, 6.45) is -1.67. The number of nitrogens with one attached hydrogen (secondary N) is 1. The number of halogens is 4. The number of allylic oxidation sites excluding steroid dienone is 1. The molecule has 0 saturated carbocycles. The molecule has 180 valence electrons.